The fraction of sp³-hybridized carbons (Fsp3) is 0.417. The summed E-state index contributed by atoms with van der Waals surface area (Å²) in [5.41, 5.74) is 0.737. The number of halogens is 1. The second-order valence-electron chi connectivity index (χ2n) is 4.26. The van der Waals surface area contributed by atoms with E-state index in [1.807, 2.05) is 4.90 Å². The van der Waals surface area contributed by atoms with Gasteiger partial charge in [-0.15, -0.1) is 0 Å². The second-order valence-corrected chi connectivity index (χ2v) is 5.11. The number of nitro benzene ring substituents is 1. The molecule has 0 aliphatic carbocycles. The van der Waals surface area contributed by atoms with Gasteiger partial charge in [-0.1, -0.05) is 0 Å². The number of anilines is 1. The van der Waals surface area contributed by atoms with Crippen LogP contribution in [0.5, 0.6) is 5.75 Å². The van der Waals surface area contributed by atoms with Gasteiger partial charge in [0.15, 0.2) is 5.75 Å². The van der Waals surface area contributed by atoms with Crippen molar-refractivity contribution in [2.75, 3.05) is 25.1 Å². The van der Waals surface area contributed by atoms with E-state index in [4.69, 9.17) is 4.74 Å². The number of hydrogen-bond donors (Lipinski definition) is 0. The van der Waals surface area contributed by atoms with Gasteiger partial charge in [0.1, 0.15) is 5.78 Å². The van der Waals surface area contributed by atoms with Crippen LogP contribution >= 0.6 is 15.9 Å². The summed E-state index contributed by atoms with van der Waals surface area (Å²) in [5, 5.41) is 10.9. The minimum absolute atomic E-state index is 0.0776. The number of Topliss-reactive ketones (excluding diaryl/α,β-unsaturated/α-hetero) is 1. The second kappa shape index (κ2) is 5.56. The average Bonchev–Trinajstić information content (AvgIpc) is 2.39. The number of benzene rings is 1. The number of ether oxygens (including phenoxy) is 1. The summed E-state index contributed by atoms with van der Waals surface area (Å²) in [6, 6.07) is 3.07. The van der Waals surface area contributed by atoms with Crippen LogP contribution < -0.4 is 9.64 Å². The summed E-state index contributed by atoms with van der Waals surface area (Å²) in [5.74, 6) is 0.473. The SMILES string of the molecule is COc1cc(N2CCC(=O)CC2)c(Br)cc1[N+](=O)[O-]. The maximum Gasteiger partial charge on any atom is 0.312 e. The molecule has 1 aromatic rings. The van der Waals surface area contributed by atoms with Crippen LogP contribution in [0.3, 0.4) is 0 Å². The summed E-state index contributed by atoms with van der Waals surface area (Å²) < 4.78 is 5.69. The third kappa shape index (κ3) is 2.86. The highest BCUT2D eigenvalue weighted by atomic mass is 79.9. The smallest absolute Gasteiger partial charge is 0.312 e. The van der Waals surface area contributed by atoms with Crippen LogP contribution in [0.15, 0.2) is 16.6 Å². The van der Waals surface area contributed by atoms with E-state index < -0.39 is 4.92 Å². The van der Waals surface area contributed by atoms with E-state index in [-0.39, 0.29) is 17.2 Å². The van der Waals surface area contributed by atoms with Gasteiger partial charge in [-0.2, -0.15) is 0 Å². The molecule has 19 heavy (non-hydrogen) atoms. The van der Waals surface area contributed by atoms with Gasteiger partial charge in [-0.25, -0.2) is 0 Å². The molecule has 1 aliphatic rings. The molecular formula is C12H13BrN2O4. The van der Waals surface area contributed by atoms with Crippen LogP contribution in [0.1, 0.15) is 12.8 Å². The Hall–Kier alpha value is -1.63. The molecule has 7 heteroatoms. The molecule has 0 unspecified atom stereocenters. The first-order chi connectivity index (χ1) is 9.02. The maximum atomic E-state index is 11.2. The third-order valence-corrected chi connectivity index (χ3v) is 3.74. The molecule has 0 aromatic heterocycles. The lowest BCUT2D eigenvalue weighted by molar-refractivity contribution is -0.385. The summed E-state index contributed by atoms with van der Waals surface area (Å²) in [7, 11) is 1.40. The zero-order valence-corrected chi connectivity index (χ0v) is 12.0. The number of hydrogen-bond acceptors (Lipinski definition) is 5. The maximum absolute atomic E-state index is 11.2. The number of carbonyl (C=O) groups excluding carboxylic acids is 1. The first kappa shape index (κ1) is 13.8. The van der Waals surface area contributed by atoms with Gasteiger partial charge in [-0.05, 0) is 15.9 Å². The Balaban J connectivity index is 2.36. The van der Waals surface area contributed by atoms with Crippen molar-refractivity contribution in [2.45, 2.75) is 12.8 Å². The molecule has 6 nitrogen and oxygen atoms in total. The molecule has 0 bridgehead atoms. The molecule has 2 rings (SSSR count). The minimum Gasteiger partial charge on any atom is -0.490 e. The number of nitrogens with zero attached hydrogens (tertiary/aromatic N) is 2. The van der Waals surface area contributed by atoms with Gasteiger partial charge in [0.05, 0.1) is 17.7 Å². The van der Waals surface area contributed by atoms with E-state index in [0.29, 0.717) is 30.4 Å². The molecule has 0 atom stereocenters. The predicted molar refractivity (Wildman–Crippen MR) is 73.8 cm³/mol. The van der Waals surface area contributed by atoms with Crippen LogP contribution in [0.2, 0.25) is 0 Å². The summed E-state index contributed by atoms with van der Waals surface area (Å²) in [6.07, 6.45) is 1.01. The monoisotopic (exact) mass is 328 g/mol. The van der Waals surface area contributed by atoms with Gasteiger partial charge in [0, 0.05) is 42.5 Å². The molecule has 0 N–H and O–H groups in total. The fourth-order valence-corrected chi connectivity index (χ4v) is 2.66. The molecule has 1 aromatic carbocycles. The van der Waals surface area contributed by atoms with Gasteiger partial charge in [0.25, 0.3) is 0 Å². The molecule has 0 amide bonds. The van der Waals surface area contributed by atoms with Crippen LogP contribution in [-0.2, 0) is 4.79 Å². The number of nitro groups is 1. The van der Waals surface area contributed by atoms with E-state index >= 15 is 0 Å². The molecule has 0 saturated carbocycles. The Kier molecular flexibility index (Phi) is 4.04. The topological polar surface area (TPSA) is 72.7 Å². The van der Waals surface area contributed by atoms with Gasteiger partial charge >= 0.3 is 5.69 Å². The van der Waals surface area contributed by atoms with Crippen LogP contribution in [0.4, 0.5) is 11.4 Å². The number of ketones is 1. The van der Waals surface area contributed by atoms with E-state index in [1.165, 1.54) is 13.2 Å². The highest BCUT2D eigenvalue weighted by Crippen LogP contribution is 2.38. The van der Waals surface area contributed by atoms with Crippen molar-refractivity contribution in [3.05, 3.63) is 26.7 Å². The molecule has 1 aliphatic heterocycles. The Morgan fingerprint density at radius 3 is 2.53 bits per heavy atom. The van der Waals surface area contributed by atoms with E-state index in [2.05, 4.69) is 15.9 Å². The summed E-state index contributed by atoms with van der Waals surface area (Å²) in [4.78, 5) is 23.7. The van der Waals surface area contributed by atoms with Crippen LogP contribution in [-0.4, -0.2) is 30.9 Å². The highest BCUT2D eigenvalue weighted by molar-refractivity contribution is 9.10. The molecule has 0 radical (unpaired) electrons. The lowest BCUT2D eigenvalue weighted by Crippen LogP contribution is -2.33. The normalized spacial score (nSPS) is 15.5. The molecule has 1 fully saturated rings. The zero-order chi connectivity index (χ0) is 14.0. The van der Waals surface area contributed by atoms with Crippen molar-refractivity contribution in [3.63, 3.8) is 0 Å². The van der Waals surface area contributed by atoms with Crippen LogP contribution in [0, 0.1) is 10.1 Å². The number of carbonyl (C=O) groups is 1. The largest absolute Gasteiger partial charge is 0.490 e. The standard InChI is InChI=1S/C12H13BrN2O4/c1-19-12-7-10(9(13)6-11(12)15(17)18)14-4-2-8(16)3-5-14/h6-7H,2-5H2,1H3. The number of rotatable bonds is 3. The van der Waals surface area contributed by atoms with Crippen molar-refractivity contribution in [3.8, 4) is 5.75 Å². The van der Waals surface area contributed by atoms with Crippen molar-refractivity contribution in [2.24, 2.45) is 0 Å². The minimum atomic E-state index is -0.479. The van der Waals surface area contributed by atoms with Crippen LogP contribution in [0.25, 0.3) is 0 Å². The first-order valence-corrected chi connectivity index (χ1v) is 6.61. The van der Waals surface area contributed by atoms with E-state index in [9.17, 15) is 14.9 Å². The van der Waals surface area contributed by atoms with Gasteiger partial charge in [0.2, 0.25) is 0 Å². The Morgan fingerprint density at radius 2 is 2.00 bits per heavy atom. The molecular weight excluding hydrogens is 316 g/mol. The van der Waals surface area contributed by atoms with E-state index in [1.54, 1.807) is 6.07 Å². The molecule has 1 heterocycles. The fourth-order valence-electron chi connectivity index (χ4n) is 2.08. The third-order valence-electron chi connectivity index (χ3n) is 3.11. The Morgan fingerprint density at radius 1 is 1.37 bits per heavy atom. The molecule has 102 valence electrons. The highest BCUT2D eigenvalue weighted by Gasteiger charge is 2.23. The van der Waals surface area contributed by atoms with Crippen molar-refractivity contribution in [1.29, 1.82) is 0 Å². The average molecular weight is 329 g/mol. The Labute approximate surface area is 118 Å². The quantitative estimate of drug-likeness (QED) is 0.629. The molecule has 0 spiro atoms. The van der Waals surface area contributed by atoms with Gasteiger partial charge in [-0.3, -0.25) is 14.9 Å². The lowest BCUT2D eigenvalue weighted by Gasteiger charge is -2.29. The van der Waals surface area contributed by atoms with Crippen molar-refractivity contribution in [1.82, 2.24) is 0 Å². The lowest BCUT2D eigenvalue weighted by atomic mass is 10.1. The Bertz CT molecular complexity index is 523. The summed E-state index contributed by atoms with van der Waals surface area (Å²) in [6.45, 7) is 1.25. The summed E-state index contributed by atoms with van der Waals surface area (Å²) >= 11 is 3.34. The zero-order valence-electron chi connectivity index (χ0n) is 10.4. The first-order valence-electron chi connectivity index (χ1n) is 5.81. The van der Waals surface area contributed by atoms with Gasteiger partial charge < -0.3 is 9.64 Å². The number of piperidine rings is 1. The predicted octanol–water partition coefficient (Wildman–Crippen LogP) is 2.54. The molecule has 1 saturated heterocycles. The number of methoxy groups -OCH3 is 1. The van der Waals surface area contributed by atoms with Crippen molar-refractivity contribution < 1.29 is 14.5 Å². The van der Waals surface area contributed by atoms with Crippen molar-refractivity contribution >= 4 is 33.1 Å². The van der Waals surface area contributed by atoms with E-state index in [0.717, 1.165) is 5.69 Å².